The Labute approximate surface area is 209 Å². The Hall–Kier alpha value is -3.10. The maximum Gasteiger partial charge on any atom is 0.222 e. The van der Waals surface area contributed by atoms with Crippen LogP contribution in [0.1, 0.15) is 16.9 Å². The van der Waals surface area contributed by atoms with Crippen LogP contribution < -0.4 is 14.2 Å². The third-order valence-electron chi connectivity index (χ3n) is 6.23. The van der Waals surface area contributed by atoms with E-state index in [1.165, 1.54) is 10.9 Å². The van der Waals surface area contributed by atoms with Crippen molar-refractivity contribution in [2.24, 2.45) is 0 Å². The molecule has 0 atom stereocenters. The first-order chi connectivity index (χ1) is 17.0. The van der Waals surface area contributed by atoms with Gasteiger partial charge in [-0.05, 0) is 53.9 Å². The lowest BCUT2D eigenvalue weighted by Crippen LogP contribution is -2.48. The average Bonchev–Trinajstić information content (AvgIpc) is 3.35. The second kappa shape index (κ2) is 11.6. The van der Waals surface area contributed by atoms with Gasteiger partial charge in [0.25, 0.3) is 0 Å². The van der Waals surface area contributed by atoms with Crippen molar-refractivity contribution in [1.82, 2.24) is 9.80 Å². The highest BCUT2D eigenvalue weighted by molar-refractivity contribution is 7.15. The summed E-state index contributed by atoms with van der Waals surface area (Å²) >= 11 is 1.69. The Kier molecular flexibility index (Phi) is 8.25. The van der Waals surface area contributed by atoms with Gasteiger partial charge in [-0.2, -0.15) is 0 Å². The van der Waals surface area contributed by atoms with Crippen LogP contribution in [0, 0.1) is 5.82 Å². The maximum absolute atomic E-state index is 13.5. The molecule has 186 valence electrons. The molecule has 2 aromatic carbocycles. The lowest BCUT2D eigenvalue weighted by atomic mass is 10.1. The minimum absolute atomic E-state index is 0.155. The Morgan fingerprint density at radius 3 is 2.29 bits per heavy atom. The number of hydrogen-bond acceptors (Lipinski definition) is 6. The van der Waals surface area contributed by atoms with E-state index < -0.39 is 0 Å². The molecule has 2 heterocycles. The van der Waals surface area contributed by atoms with Gasteiger partial charge in [0.1, 0.15) is 5.82 Å². The Balaban J connectivity index is 1.27. The average molecular weight is 499 g/mol. The molecule has 1 aliphatic rings. The van der Waals surface area contributed by atoms with Crippen molar-refractivity contribution in [3.05, 3.63) is 64.8 Å². The molecule has 0 bridgehead atoms. The van der Waals surface area contributed by atoms with Gasteiger partial charge in [-0.3, -0.25) is 9.69 Å². The van der Waals surface area contributed by atoms with E-state index in [1.54, 1.807) is 44.8 Å². The van der Waals surface area contributed by atoms with Crippen molar-refractivity contribution >= 4 is 17.2 Å². The number of ether oxygens (including phenoxy) is 3. The van der Waals surface area contributed by atoms with Gasteiger partial charge in [0.05, 0.1) is 21.3 Å². The van der Waals surface area contributed by atoms with Gasteiger partial charge >= 0.3 is 0 Å². The van der Waals surface area contributed by atoms with Crippen LogP contribution >= 0.6 is 11.3 Å². The van der Waals surface area contributed by atoms with E-state index in [-0.39, 0.29) is 11.7 Å². The molecule has 0 N–H and O–H groups in total. The second-order valence-corrected chi connectivity index (χ2v) is 9.64. The number of piperazine rings is 1. The highest BCUT2D eigenvalue weighted by Crippen LogP contribution is 2.38. The minimum atomic E-state index is -0.219. The van der Waals surface area contributed by atoms with Crippen LogP contribution in [0.4, 0.5) is 4.39 Å². The lowest BCUT2D eigenvalue weighted by molar-refractivity contribution is -0.133. The van der Waals surface area contributed by atoms with Crippen LogP contribution in [0.5, 0.6) is 17.2 Å². The molecule has 35 heavy (non-hydrogen) atoms. The summed E-state index contributed by atoms with van der Waals surface area (Å²) in [6.07, 6.45) is 1.04. The molecule has 0 radical (unpaired) electrons. The first-order valence-electron chi connectivity index (χ1n) is 11.6. The first kappa shape index (κ1) is 25.0. The summed E-state index contributed by atoms with van der Waals surface area (Å²) < 4.78 is 29.7. The molecule has 0 saturated carbocycles. The molecule has 1 aromatic heterocycles. The normalized spacial score (nSPS) is 14.1. The fourth-order valence-corrected chi connectivity index (χ4v) is 5.37. The van der Waals surface area contributed by atoms with Crippen LogP contribution in [0.25, 0.3) is 10.4 Å². The number of methoxy groups -OCH3 is 3. The summed E-state index contributed by atoms with van der Waals surface area (Å²) in [5.41, 5.74) is 1.88. The Morgan fingerprint density at radius 2 is 1.66 bits per heavy atom. The monoisotopic (exact) mass is 498 g/mol. The molecular weight excluding hydrogens is 467 g/mol. The summed E-state index contributed by atoms with van der Waals surface area (Å²) in [7, 11) is 4.75. The molecular formula is C27H31FN2O4S. The highest BCUT2D eigenvalue weighted by atomic mass is 32.1. The summed E-state index contributed by atoms with van der Waals surface area (Å²) in [5.74, 6) is 1.68. The molecule has 1 saturated heterocycles. The lowest BCUT2D eigenvalue weighted by Gasteiger charge is -2.34. The smallest absolute Gasteiger partial charge is 0.222 e. The van der Waals surface area contributed by atoms with E-state index >= 15 is 0 Å². The fourth-order valence-electron chi connectivity index (χ4n) is 4.32. The zero-order chi connectivity index (χ0) is 24.8. The number of rotatable bonds is 9. The van der Waals surface area contributed by atoms with Crippen LogP contribution in [-0.4, -0.2) is 63.2 Å². The number of thiophene rings is 1. The number of nitrogens with zero attached hydrogens (tertiary/aromatic N) is 2. The number of carbonyl (C=O) groups is 1. The molecule has 1 amide bonds. The summed E-state index contributed by atoms with van der Waals surface area (Å²) in [5, 5.41) is 0. The maximum atomic E-state index is 13.5. The zero-order valence-corrected chi connectivity index (χ0v) is 21.2. The number of amides is 1. The van der Waals surface area contributed by atoms with Crippen LogP contribution in [0.2, 0.25) is 0 Å². The van der Waals surface area contributed by atoms with Crippen molar-refractivity contribution in [3.63, 3.8) is 0 Å². The van der Waals surface area contributed by atoms with E-state index in [0.717, 1.165) is 48.7 Å². The van der Waals surface area contributed by atoms with Gasteiger partial charge in [-0.15, -0.1) is 11.3 Å². The zero-order valence-electron chi connectivity index (χ0n) is 20.4. The van der Waals surface area contributed by atoms with Crippen molar-refractivity contribution in [2.75, 3.05) is 47.5 Å². The predicted molar refractivity (Wildman–Crippen MR) is 136 cm³/mol. The standard InChI is InChI=1S/C27H31FN2O4S/c1-32-23-15-19(16-24(33-2)27(23)34-3)7-10-26(31)30-13-11-29(12-14-30)18-22-8-9-25(35-22)20-5-4-6-21(28)17-20/h4-6,8-9,15-17H,7,10-14,18H2,1-3H3. The van der Waals surface area contributed by atoms with E-state index in [2.05, 4.69) is 17.0 Å². The topological polar surface area (TPSA) is 51.2 Å². The molecule has 1 aliphatic heterocycles. The van der Waals surface area contributed by atoms with Crippen molar-refractivity contribution in [2.45, 2.75) is 19.4 Å². The van der Waals surface area contributed by atoms with Gasteiger partial charge in [0.2, 0.25) is 11.7 Å². The van der Waals surface area contributed by atoms with Crippen molar-refractivity contribution in [3.8, 4) is 27.7 Å². The van der Waals surface area contributed by atoms with Gasteiger partial charge in [0, 0.05) is 48.9 Å². The largest absolute Gasteiger partial charge is 0.493 e. The number of aryl methyl sites for hydroxylation is 1. The summed E-state index contributed by atoms with van der Waals surface area (Å²) in [6.45, 7) is 3.95. The molecule has 0 unspecified atom stereocenters. The SMILES string of the molecule is COc1cc(CCC(=O)N2CCN(Cc3ccc(-c4cccc(F)c4)s3)CC2)cc(OC)c1OC. The van der Waals surface area contributed by atoms with Crippen molar-refractivity contribution in [1.29, 1.82) is 0 Å². The predicted octanol–water partition coefficient (Wildman–Crippen LogP) is 4.86. The number of hydrogen-bond donors (Lipinski definition) is 0. The molecule has 4 rings (SSSR count). The van der Waals surface area contributed by atoms with E-state index in [1.807, 2.05) is 23.1 Å². The van der Waals surface area contributed by atoms with E-state index in [4.69, 9.17) is 14.2 Å². The molecule has 0 spiro atoms. The summed E-state index contributed by atoms with van der Waals surface area (Å²) in [4.78, 5) is 19.5. The van der Waals surface area contributed by atoms with Gasteiger partial charge in [0.15, 0.2) is 11.5 Å². The first-order valence-corrected chi connectivity index (χ1v) is 12.5. The fraction of sp³-hybridized carbons (Fsp3) is 0.370. The van der Waals surface area contributed by atoms with Crippen LogP contribution in [-0.2, 0) is 17.8 Å². The quantitative estimate of drug-likeness (QED) is 0.422. The van der Waals surface area contributed by atoms with Gasteiger partial charge < -0.3 is 19.1 Å². The number of benzene rings is 2. The van der Waals surface area contributed by atoms with Crippen molar-refractivity contribution < 1.29 is 23.4 Å². The highest BCUT2D eigenvalue weighted by Gasteiger charge is 2.22. The van der Waals surface area contributed by atoms with E-state index in [0.29, 0.717) is 30.1 Å². The van der Waals surface area contributed by atoms with Crippen LogP contribution in [0.15, 0.2) is 48.5 Å². The Bertz CT molecular complexity index is 1130. The number of halogens is 1. The minimum Gasteiger partial charge on any atom is -0.493 e. The molecule has 3 aromatic rings. The Morgan fingerprint density at radius 1 is 0.943 bits per heavy atom. The number of carbonyl (C=O) groups excluding carboxylic acids is 1. The van der Waals surface area contributed by atoms with Crippen LogP contribution in [0.3, 0.4) is 0 Å². The molecule has 8 heteroatoms. The third-order valence-corrected chi connectivity index (χ3v) is 7.35. The van der Waals surface area contributed by atoms with Gasteiger partial charge in [-0.25, -0.2) is 4.39 Å². The van der Waals surface area contributed by atoms with E-state index in [9.17, 15) is 9.18 Å². The molecule has 6 nitrogen and oxygen atoms in total. The molecule has 0 aliphatic carbocycles. The van der Waals surface area contributed by atoms with Gasteiger partial charge in [-0.1, -0.05) is 12.1 Å². The second-order valence-electron chi connectivity index (χ2n) is 8.47. The summed E-state index contributed by atoms with van der Waals surface area (Å²) in [6, 6.07) is 14.7. The molecule has 1 fully saturated rings. The third kappa shape index (κ3) is 6.13.